The Balaban J connectivity index is 0.000000197. The largest absolute Gasteiger partial charge is 0.573 e. The van der Waals surface area contributed by atoms with Crippen molar-refractivity contribution >= 4 is 180 Å². The van der Waals surface area contributed by atoms with E-state index < -0.39 is 96.1 Å². The zero-order valence-electron chi connectivity index (χ0n) is 72.3. The summed E-state index contributed by atoms with van der Waals surface area (Å²) in [5, 5.41) is 31.8. The van der Waals surface area contributed by atoms with E-state index in [0.29, 0.717) is 96.7 Å². The van der Waals surface area contributed by atoms with Gasteiger partial charge >= 0.3 is 61.7 Å². The number of terminal acetylenes is 2. The number of hydrogen-bond donors (Lipinski definition) is 2. The predicted octanol–water partition coefficient (Wildman–Crippen LogP) is 24.9. The fourth-order valence-electron chi connectivity index (χ4n) is 13.2. The number of anilines is 2. The van der Waals surface area contributed by atoms with Crippen molar-refractivity contribution in [2.24, 2.45) is 15.6 Å². The van der Waals surface area contributed by atoms with Gasteiger partial charge in [0.2, 0.25) is 11.5 Å². The van der Waals surface area contributed by atoms with Gasteiger partial charge in [-0.25, -0.2) is 29.4 Å². The van der Waals surface area contributed by atoms with E-state index in [0.717, 1.165) is 113 Å². The number of rotatable bonds is 21. The van der Waals surface area contributed by atoms with Gasteiger partial charge in [-0.15, -0.1) is 26.3 Å². The minimum Gasteiger partial charge on any atom is -0.467 e. The second kappa shape index (κ2) is 47.4. The summed E-state index contributed by atoms with van der Waals surface area (Å²) in [6.07, 6.45) is 2.90. The fraction of sp³-hybridized carbons (Fsp3) is 0.264. The molecule has 2 aliphatic heterocycles. The van der Waals surface area contributed by atoms with E-state index in [1.807, 2.05) is 81.7 Å². The van der Waals surface area contributed by atoms with Crippen molar-refractivity contribution < 1.29 is 120 Å². The maximum absolute atomic E-state index is 13.3. The Bertz CT molecular complexity index is 6310. The van der Waals surface area contributed by atoms with Crippen molar-refractivity contribution in [3.63, 3.8) is 0 Å². The first-order valence-corrected chi connectivity index (χ1v) is 45.8. The highest BCUT2D eigenvalue weighted by Crippen LogP contribution is 2.52. The van der Waals surface area contributed by atoms with Crippen molar-refractivity contribution in [2.75, 3.05) is 37.8 Å². The number of fused-ring (bicyclic) bond motifs is 3. The summed E-state index contributed by atoms with van der Waals surface area (Å²) in [6, 6.07) is 39.7. The summed E-state index contributed by atoms with van der Waals surface area (Å²) in [5.41, 5.74) is 4.55. The van der Waals surface area contributed by atoms with E-state index in [4.69, 9.17) is 148 Å². The highest BCUT2D eigenvalue weighted by molar-refractivity contribution is 9.10. The first-order valence-electron chi connectivity index (χ1n) is 39.8. The molecular weight excluding hydrogens is 2070 g/mol. The molecule has 1 saturated carbocycles. The Morgan fingerprint density at radius 3 is 1.88 bits per heavy atom. The lowest BCUT2D eigenvalue weighted by molar-refractivity contribution is -0.275. The molecule has 9 aromatic rings. The Morgan fingerprint density at radius 2 is 1.32 bits per heavy atom. The third kappa shape index (κ3) is 28.4. The van der Waals surface area contributed by atoms with Gasteiger partial charge in [0.1, 0.15) is 59.6 Å². The van der Waals surface area contributed by atoms with Crippen molar-refractivity contribution in [3.8, 4) is 65.8 Å². The molecule has 2 N–H and O–H groups in total. The molecule has 1 spiro atoms. The number of hydrazone groups is 2. The van der Waals surface area contributed by atoms with Crippen LogP contribution in [0, 0.1) is 60.1 Å². The molecule has 720 valence electrons. The predicted molar refractivity (Wildman–Crippen MR) is 499 cm³/mol. The third-order valence-electron chi connectivity index (χ3n) is 20.1. The summed E-state index contributed by atoms with van der Waals surface area (Å²) in [6.45, 7) is 6.59. The summed E-state index contributed by atoms with van der Waals surface area (Å²) < 4.78 is 171. The molecule has 2 aliphatic carbocycles. The number of methoxy groups -OCH3 is 2. The molecule has 27 nitrogen and oxygen atoms in total. The first-order chi connectivity index (χ1) is 64.6. The molecule has 1 fully saturated rings. The SMILES string of the molecule is C#COP(=S)(OC#C)Oc1nc(Cl)c(Cl)cc1Cl.CCC(C)(C)C(=O)OC1=C(c2ccc(Cl)cc2Cl)C(=O)OC12CCCCC2.CCOCn1c(C)c(Br)c(C#N)c1-c1ccc(Cl)cc1.COC(=O)N(C(=O)N1COC2(C(=O)OC)Cc3cc(Cl)ccc3C2=N1)c1ccc(OC(F)(F)F)cc1.N#Cc1ccc(C/C(=N\NC(=O)Nc2ccc(OC(F)(F)F)cc2)c2cccc(C(F)(F)F)c2)cc1. The van der Waals surface area contributed by atoms with Gasteiger partial charge in [0.15, 0.2) is 16.5 Å². The number of amides is 5. The molecular formula is C91H74BrCl7F9N10O17PS. The van der Waals surface area contributed by atoms with Crippen molar-refractivity contribution in [1.29, 1.82) is 10.5 Å². The molecule has 5 amide bonds. The highest BCUT2D eigenvalue weighted by Gasteiger charge is 2.56. The molecule has 4 heterocycles. The molecule has 13 rings (SSSR count). The number of aromatic nitrogens is 2. The standard InChI is InChI=1S/C24H16F6N4O2.C22H17ClF3N3O7.C21H24Cl2O4.C15H14BrClN2O.C9H3Cl3NO3PS/c25-23(26,27)18-3-1-2-17(13-18)21(12-15-4-6-16(14-31)7-5-15)33-34-22(35)32-19-8-10-20(11-9-19)36-24(28,29)30;1-33-18(30)21-10-12-9-13(23)3-8-16(12)17(21)27-28(11-35-21)19(31)29(20(32)34-2)14-4-6-15(7-5-14)36-22(24,25)26;1-4-20(2,3)19(25)26-17-16(14-9-8-13(22)12-15(14)23)18(24)27-21(17)10-6-5-7-11-21;1-3-20-9-19-10(2)14(16)13(8-18)15(19)11-4-6-12(17)7-5-11;1-3-14-17(18,15-4-2)16-9-7(11)5-6(10)8(12)13-9/h1-11,13H,12H2,(H2,32,34,35);3-9H,10-11H2,1-2H3;8-9,12H,4-7,10-11H2,1-3H3;4-7H,3,9H2,1-2H3;1-2,5H/b33-21+;;;;. The van der Waals surface area contributed by atoms with Crippen molar-refractivity contribution in [2.45, 2.75) is 123 Å². The number of hydrogen-bond acceptors (Lipinski definition) is 23. The lowest BCUT2D eigenvalue weighted by Gasteiger charge is -2.35. The second-order valence-corrected chi connectivity index (χ2v) is 36.0. The van der Waals surface area contributed by atoms with Crippen LogP contribution in [0.25, 0.3) is 16.8 Å². The monoisotopic (exact) mass is 2140 g/mol. The summed E-state index contributed by atoms with van der Waals surface area (Å²) in [7, 11) is 2.19. The van der Waals surface area contributed by atoms with Crippen LogP contribution in [0.3, 0.4) is 0 Å². The molecule has 2 aromatic heterocycles. The van der Waals surface area contributed by atoms with Crippen molar-refractivity contribution in [1.82, 2.24) is 20.0 Å². The summed E-state index contributed by atoms with van der Waals surface area (Å²) in [5.74, 6) is -2.49. The van der Waals surface area contributed by atoms with E-state index >= 15 is 0 Å². The Labute approximate surface area is 826 Å². The number of pyridine rings is 1. The van der Waals surface area contributed by atoms with E-state index in [9.17, 15) is 73.5 Å². The van der Waals surface area contributed by atoms with Crippen LogP contribution in [0.4, 0.5) is 65.3 Å². The molecule has 7 aromatic carbocycles. The zero-order valence-corrected chi connectivity index (χ0v) is 80.9. The van der Waals surface area contributed by atoms with Gasteiger partial charge in [0.25, 0.3) is 0 Å². The lowest BCUT2D eigenvalue weighted by atomic mass is 9.82. The lowest BCUT2D eigenvalue weighted by Crippen LogP contribution is -2.56. The summed E-state index contributed by atoms with van der Waals surface area (Å²) in [4.78, 5) is 80.7. The average molecular weight is 2140 g/mol. The van der Waals surface area contributed by atoms with Gasteiger partial charge in [-0.3, -0.25) is 4.79 Å². The molecule has 0 saturated heterocycles. The van der Waals surface area contributed by atoms with Gasteiger partial charge < -0.3 is 61.4 Å². The number of nitrogens with one attached hydrogen (secondary N) is 2. The van der Waals surface area contributed by atoms with Crippen molar-refractivity contribution in [3.05, 3.63) is 260 Å². The van der Waals surface area contributed by atoms with Crippen LogP contribution in [0.2, 0.25) is 35.3 Å². The maximum atomic E-state index is 13.3. The Hall–Kier alpha value is -12.0. The van der Waals surface area contributed by atoms with E-state index in [2.05, 4.69) is 62.1 Å². The van der Waals surface area contributed by atoms with E-state index in [1.165, 1.54) is 37.4 Å². The number of imide groups is 1. The quantitative estimate of drug-likeness (QED) is 0.00986. The number of halogens is 17. The van der Waals surface area contributed by atoms with Gasteiger partial charge in [0, 0.05) is 68.8 Å². The third-order valence-corrected chi connectivity index (χ3v) is 24.8. The highest BCUT2D eigenvalue weighted by atomic mass is 79.9. The number of urea groups is 2. The number of esters is 3. The topological polar surface area (TPSA) is 325 Å². The van der Waals surface area contributed by atoms with Crippen LogP contribution in [0.1, 0.15) is 116 Å². The summed E-state index contributed by atoms with van der Waals surface area (Å²) >= 11 is 50.0. The van der Waals surface area contributed by atoms with Crippen LogP contribution in [0.5, 0.6) is 17.4 Å². The molecule has 46 heteroatoms. The normalized spacial score (nSPS) is 14.7. The minimum atomic E-state index is -4.92. The fourth-order valence-corrected chi connectivity index (χ4v) is 16.3. The Kier molecular flexibility index (Phi) is 37.6. The molecule has 1 atom stereocenters. The molecule has 1 unspecified atom stereocenters. The van der Waals surface area contributed by atoms with Crippen LogP contribution < -0.4 is 29.6 Å². The Morgan fingerprint density at radius 1 is 0.723 bits per heavy atom. The van der Waals surface area contributed by atoms with Crippen LogP contribution >= 0.6 is 104 Å². The van der Waals surface area contributed by atoms with Gasteiger partial charge in [0.05, 0.1) is 74.0 Å². The van der Waals surface area contributed by atoms with Gasteiger partial charge in [-0.05, 0) is 213 Å². The molecule has 137 heavy (non-hydrogen) atoms. The number of carbonyl (C=O) groups is 6. The van der Waals surface area contributed by atoms with Gasteiger partial charge in [-0.1, -0.05) is 156 Å². The number of alkyl halides is 9. The maximum Gasteiger partial charge on any atom is 0.573 e. The average Bonchev–Trinajstić information content (AvgIpc) is 1.58. The zero-order chi connectivity index (χ0) is 101. The first kappa shape index (κ1) is 109. The smallest absolute Gasteiger partial charge is 0.467 e. The second-order valence-electron chi connectivity index (χ2n) is 29.5. The number of carbonyl (C=O) groups excluding carboxylic acids is 6. The van der Waals surface area contributed by atoms with Crippen LogP contribution in [-0.4, -0.2) is 114 Å². The number of ether oxygens (including phenoxy) is 8. The van der Waals surface area contributed by atoms with E-state index in [1.54, 1.807) is 48.5 Å². The van der Waals surface area contributed by atoms with E-state index in [-0.39, 0.29) is 73.8 Å². The molecule has 4 aliphatic rings. The number of nitriles is 2. The molecule has 0 bridgehead atoms. The molecule has 0 radical (unpaired) electrons. The number of nitrogens with zero attached hydrogens (tertiary/aromatic N) is 8. The van der Waals surface area contributed by atoms with Crippen LogP contribution in [-0.2, 0) is 89.4 Å². The minimum absolute atomic E-state index is 0.0246. The van der Waals surface area contributed by atoms with Crippen LogP contribution in [0.15, 0.2) is 184 Å². The number of benzene rings is 7. The van der Waals surface area contributed by atoms with Gasteiger partial charge in [-0.2, -0.15) is 48.8 Å².